The summed E-state index contributed by atoms with van der Waals surface area (Å²) in [4.78, 5) is 16.0. The van der Waals surface area contributed by atoms with Gasteiger partial charge in [-0.3, -0.25) is 15.2 Å². The summed E-state index contributed by atoms with van der Waals surface area (Å²) in [5.74, 6) is 0. The number of imidazole rings is 1. The summed E-state index contributed by atoms with van der Waals surface area (Å²) in [6.07, 6.45) is 0.945. The second kappa shape index (κ2) is 10.1. The van der Waals surface area contributed by atoms with Crippen LogP contribution in [0.2, 0.25) is 5.28 Å². The van der Waals surface area contributed by atoms with Crippen LogP contribution < -0.4 is 5.49 Å². The largest absolute Gasteiger partial charge is 0.390 e. The van der Waals surface area contributed by atoms with Gasteiger partial charge in [0.2, 0.25) is 5.28 Å². The zero-order chi connectivity index (χ0) is 23.5. The Hall–Kier alpha value is -3.04. The van der Waals surface area contributed by atoms with Crippen LogP contribution in [0, 0.1) is 5.41 Å². The molecule has 2 aromatic carbocycles. The fourth-order valence-corrected chi connectivity index (χ4v) is 4.94. The number of nitrogens with zero attached hydrogens (tertiary/aromatic N) is 5. The van der Waals surface area contributed by atoms with Crippen molar-refractivity contribution >= 4 is 22.8 Å². The van der Waals surface area contributed by atoms with Gasteiger partial charge in [-0.1, -0.05) is 60.7 Å². The fraction of sp³-hybridized carbons (Fsp3) is 0.320. The average molecular weight is 478 g/mol. The van der Waals surface area contributed by atoms with Crippen molar-refractivity contribution in [2.45, 2.75) is 18.7 Å². The van der Waals surface area contributed by atoms with Gasteiger partial charge in [-0.2, -0.15) is 4.98 Å². The molecular formula is C25H28ClN7O. The number of nitrogens with one attached hydrogen (secondary N) is 2. The Morgan fingerprint density at radius 1 is 0.941 bits per heavy atom. The molecule has 0 amide bonds. The van der Waals surface area contributed by atoms with Gasteiger partial charge in [0, 0.05) is 32.7 Å². The number of aromatic amines is 1. The van der Waals surface area contributed by atoms with Crippen molar-refractivity contribution in [3.63, 3.8) is 0 Å². The summed E-state index contributed by atoms with van der Waals surface area (Å²) in [6, 6.07) is 21.5. The number of aromatic nitrogens is 4. The van der Waals surface area contributed by atoms with Crippen LogP contribution in [-0.4, -0.2) is 73.3 Å². The summed E-state index contributed by atoms with van der Waals surface area (Å²) in [5.41, 5.74) is 3.68. The van der Waals surface area contributed by atoms with Crippen LogP contribution in [0.15, 0.2) is 67.0 Å². The van der Waals surface area contributed by atoms with E-state index < -0.39 is 6.10 Å². The molecule has 9 heteroatoms. The number of benzene rings is 2. The van der Waals surface area contributed by atoms with E-state index in [1.807, 2.05) is 0 Å². The molecule has 1 unspecified atom stereocenters. The number of fused-ring (bicyclic) bond motifs is 1. The molecule has 5 rings (SSSR count). The number of aliphatic hydroxyl groups is 1. The topological polar surface area (TPSA) is 97.1 Å². The molecule has 3 heterocycles. The molecule has 0 saturated carbocycles. The minimum absolute atomic E-state index is 0.0858. The van der Waals surface area contributed by atoms with Gasteiger partial charge in [-0.15, -0.1) is 0 Å². The molecule has 8 nitrogen and oxygen atoms in total. The molecule has 1 aliphatic rings. The van der Waals surface area contributed by atoms with Crippen LogP contribution in [0.4, 0.5) is 0 Å². The highest BCUT2D eigenvalue weighted by Crippen LogP contribution is 2.29. The van der Waals surface area contributed by atoms with Crippen molar-refractivity contribution in [1.82, 2.24) is 29.3 Å². The van der Waals surface area contributed by atoms with Gasteiger partial charge < -0.3 is 14.7 Å². The molecule has 0 spiro atoms. The molecule has 176 valence electrons. The maximum atomic E-state index is 10.8. The van der Waals surface area contributed by atoms with Crippen molar-refractivity contribution in [3.8, 4) is 0 Å². The second-order valence-corrected chi connectivity index (χ2v) is 9.04. The lowest BCUT2D eigenvalue weighted by Crippen LogP contribution is -2.50. The number of H-pyrrole nitrogens is 1. The van der Waals surface area contributed by atoms with Crippen molar-refractivity contribution in [3.05, 3.63) is 88.9 Å². The zero-order valence-electron chi connectivity index (χ0n) is 18.8. The van der Waals surface area contributed by atoms with Crippen molar-refractivity contribution in [1.29, 1.82) is 5.41 Å². The van der Waals surface area contributed by atoms with E-state index in [9.17, 15) is 5.11 Å². The van der Waals surface area contributed by atoms with Crippen molar-refractivity contribution in [2.24, 2.45) is 0 Å². The molecule has 0 aliphatic carbocycles. The Balaban J connectivity index is 1.24. The predicted octanol–water partition coefficient (Wildman–Crippen LogP) is 2.66. The number of hydrogen-bond acceptors (Lipinski definition) is 6. The smallest absolute Gasteiger partial charge is 0.202 e. The lowest BCUT2D eigenvalue weighted by molar-refractivity contribution is 0.0558. The number of hydrogen-bond donors (Lipinski definition) is 3. The number of aliphatic hydroxyl groups excluding tert-OH is 1. The highest BCUT2D eigenvalue weighted by atomic mass is 35.5. The minimum atomic E-state index is -0.590. The Bertz CT molecular complexity index is 1240. The van der Waals surface area contributed by atoms with E-state index >= 15 is 0 Å². The molecule has 0 radical (unpaired) electrons. The molecule has 3 N–H and O–H groups in total. The third kappa shape index (κ3) is 4.90. The van der Waals surface area contributed by atoms with E-state index in [4.69, 9.17) is 17.0 Å². The van der Waals surface area contributed by atoms with E-state index in [1.165, 1.54) is 17.5 Å². The van der Waals surface area contributed by atoms with Crippen LogP contribution in [0.1, 0.15) is 17.2 Å². The summed E-state index contributed by atoms with van der Waals surface area (Å²) < 4.78 is 1.75. The molecular weight excluding hydrogens is 450 g/mol. The molecule has 0 bridgehead atoms. The normalized spacial score (nSPS) is 16.3. The highest BCUT2D eigenvalue weighted by molar-refractivity contribution is 6.28. The van der Waals surface area contributed by atoms with Gasteiger partial charge in [0.05, 0.1) is 25.0 Å². The van der Waals surface area contributed by atoms with Crippen molar-refractivity contribution < 1.29 is 5.11 Å². The molecule has 1 fully saturated rings. The number of rotatable bonds is 7. The third-order valence-corrected chi connectivity index (χ3v) is 6.55. The third-order valence-electron chi connectivity index (χ3n) is 6.37. The number of β-amino-alcohol motifs (C(OH)–C–C–N with tert-alkyl or cyclic N) is 1. The Kier molecular flexibility index (Phi) is 6.73. The van der Waals surface area contributed by atoms with E-state index in [0.717, 1.165) is 26.2 Å². The fourth-order valence-electron chi connectivity index (χ4n) is 4.76. The van der Waals surface area contributed by atoms with Crippen LogP contribution >= 0.6 is 11.6 Å². The first-order chi connectivity index (χ1) is 16.6. The quantitative estimate of drug-likeness (QED) is 0.355. The van der Waals surface area contributed by atoms with Crippen molar-refractivity contribution in [2.75, 3.05) is 32.7 Å². The lowest BCUT2D eigenvalue weighted by Gasteiger charge is -2.40. The van der Waals surface area contributed by atoms with Gasteiger partial charge in [0.1, 0.15) is 5.52 Å². The van der Waals surface area contributed by atoms with Gasteiger partial charge in [-0.25, -0.2) is 4.98 Å². The first-order valence-corrected chi connectivity index (χ1v) is 11.9. The number of halogens is 1. The van der Waals surface area contributed by atoms with Gasteiger partial charge in [0.25, 0.3) is 0 Å². The predicted molar refractivity (Wildman–Crippen MR) is 131 cm³/mol. The SMILES string of the molecule is N=c1ncn(CC(O)CN2CCN(C(c3ccccc3)c3ccccc3)CC2)c2nc(Cl)[nH]c12. The minimum Gasteiger partial charge on any atom is -0.390 e. The Morgan fingerprint density at radius 3 is 2.18 bits per heavy atom. The molecule has 34 heavy (non-hydrogen) atoms. The van der Waals surface area contributed by atoms with Gasteiger partial charge in [0.15, 0.2) is 11.1 Å². The molecule has 1 atom stereocenters. The highest BCUT2D eigenvalue weighted by Gasteiger charge is 2.27. The van der Waals surface area contributed by atoms with Crippen LogP contribution in [0.25, 0.3) is 11.2 Å². The second-order valence-electron chi connectivity index (χ2n) is 8.69. The first kappa shape index (κ1) is 22.7. The first-order valence-electron chi connectivity index (χ1n) is 11.5. The van der Waals surface area contributed by atoms with Gasteiger partial charge >= 0.3 is 0 Å². The zero-order valence-corrected chi connectivity index (χ0v) is 19.6. The average Bonchev–Trinajstić information content (AvgIpc) is 3.26. The van der Waals surface area contributed by atoms with E-state index in [1.54, 1.807) is 4.57 Å². The maximum Gasteiger partial charge on any atom is 0.202 e. The number of piperazine rings is 1. The van der Waals surface area contributed by atoms with Crippen LogP contribution in [-0.2, 0) is 6.54 Å². The molecule has 2 aromatic heterocycles. The standard InChI is InChI=1S/C25H28ClN7O/c26-25-29-21-23(27)28-17-33(24(21)30-25)16-20(34)15-31-11-13-32(14-12-31)22(18-7-3-1-4-8-18)19-9-5-2-6-10-19/h1-10,17,20,22,27,34H,11-16H2,(H,29,30). The monoisotopic (exact) mass is 477 g/mol. The Morgan fingerprint density at radius 2 is 1.56 bits per heavy atom. The van der Waals surface area contributed by atoms with E-state index in [2.05, 4.69) is 85.4 Å². The summed E-state index contributed by atoms with van der Waals surface area (Å²) in [6.45, 7) is 4.49. The summed E-state index contributed by atoms with van der Waals surface area (Å²) >= 11 is 5.98. The Labute approximate surface area is 203 Å². The summed E-state index contributed by atoms with van der Waals surface area (Å²) in [5, 5.41) is 18.9. The summed E-state index contributed by atoms with van der Waals surface area (Å²) in [7, 11) is 0. The maximum absolute atomic E-state index is 10.8. The molecule has 1 aliphatic heterocycles. The van der Waals surface area contributed by atoms with E-state index in [0.29, 0.717) is 24.3 Å². The van der Waals surface area contributed by atoms with E-state index in [-0.39, 0.29) is 16.8 Å². The lowest BCUT2D eigenvalue weighted by atomic mass is 9.96. The van der Waals surface area contributed by atoms with Crippen LogP contribution in [0.5, 0.6) is 0 Å². The molecule has 4 aromatic rings. The molecule has 1 saturated heterocycles. The van der Waals surface area contributed by atoms with Crippen LogP contribution in [0.3, 0.4) is 0 Å². The van der Waals surface area contributed by atoms with Gasteiger partial charge in [-0.05, 0) is 22.7 Å².